The predicted octanol–water partition coefficient (Wildman–Crippen LogP) is 2.16. The van der Waals surface area contributed by atoms with Crippen LogP contribution in [0.4, 0.5) is 5.82 Å². The lowest BCUT2D eigenvalue weighted by molar-refractivity contribution is 0.111. The van der Waals surface area contributed by atoms with Crippen LogP contribution in [0.2, 0.25) is 0 Å². The average molecular weight is 296 g/mol. The van der Waals surface area contributed by atoms with Gasteiger partial charge in [0.25, 0.3) is 0 Å². The van der Waals surface area contributed by atoms with Crippen LogP contribution < -0.4 is 4.90 Å². The second-order valence-corrected chi connectivity index (χ2v) is 6.32. The Balaban J connectivity index is 1.58. The minimum absolute atomic E-state index is 0.550. The molecule has 2 atom stereocenters. The summed E-state index contributed by atoms with van der Waals surface area (Å²) < 4.78 is 2.08. The molecule has 1 saturated carbocycles. The van der Waals surface area contributed by atoms with Crippen molar-refractivity contribution in [3.63, 3.8) is 0 Å². The van der Waals surface area contributed by atoms with Gasteiger partial charge in [-0.25, -0.2) is 9.97 Å². The molecule has 0 radical (unpaired) electrons. The summed E-state index contributed by atoms with van der Waals surface area (Å²) in [6.07, 6.45) is 6.88. The molecular weight excluding hydrogens is 276 g/mol. The topological polar surface area (TPSA) is 51.0 Å². The Bertz CT molecular complexity index is 698. The summed E-state index contributed by atoms with van der Waals surface area (Å²) >= 11 is 0. The molecule has 5 nitrogen and oxygen atoms in total. The fourth-order valence-electron chi connectivity index (χ4n) is 3.47. The molecule has 0 aromatic carbocycles. The molecule has 2 unspecified atom stereocenters. The van der Waals surface area contributed by atoms with Crippen molar-refractivity contribution in [3.05, 3.63) is 41.6 Å². The van der Waals surface area contributed by atoms with Crippen LogP contribution in [0.3, 0.4) is 0 Å². The van der Waals surface area contributed by atoms with E-state index in [4.69, 9.17) is 0 Å². The zero-order chi connectivity index (χ0) is 15.1. The highest BCUT2D eigenvalue weighted by atomic mass is 16.1. The lowest BCUT2D eigenvalue weighted by Crippen LogP contribution is -2.23. The van der Waals surface area contributed by atoms with Crippen LogP contribution in [-0.2, 0) is 13.0 Å². The number of fused-ring (bicyclic) bond motifs is 1. The number of aromatic nitrogens is 3. The molecule has 2 aliphatic rings. The Morgan fingerprint density at radius 2 is 2.14 bits per heavy atom. The smallest absolute Gasteiger partial charge is 0.168 e. The fourth-order valence-corrected chi connectivity index (χ4v) is 3.47. The number of anilines is 1. The van der Waals surface area contributed by atoms with E-state index in [9.17, 15) is 4.79 Å². The highest BCUT2D eigenvalue weighted by Gasteiger charge is 2.45. The molecule has 3 heterocycles. The normalized spacial score (nSPS) is 22.7. The van der Waals surface area contributed by atoms with E-state index in [1.807, 2.05) is 12.3 Å². The molecular formula is C17H20N4O. The van der Waals surface area contributed by atoms with Gasteiger partial charge in [0, 0.05) is 37.5 Å². The van der Waals surface area contributed by atoms with Crippen molar-refractivity contribution in [2.45, 2.75) is 26.3 Å². The van der Waals surface area contributed by atoms with E-state index in [1.165, 1.54) is 6.42 Å². The number of carbonyl (C=O) groups excluding carboxylic acids is 1. The van der Waals surface area contributed by atoms with Crippen LogP contribution in [0, 0.1) is 11.8 Å². The number of pyridine rings is 1. The number of hydrogen-bond acceptors (Lipinski definition) is 4. The van der Waals surface area contributed by atoms with Gasteiger partial charge in [-0.05, 0) is 24.3 Å². The molecule has 114 valence electrons. The van der Waals surface area contributed by atoms with E-state index < -0.39 is 0 Å². The number of rotatable bonds is 5. The Morgan fingerprint density at radius 1 is 1.32 bits per heavy atom. The van der Waals surface area contributed by atoms with Gasteiger partial charge in [0.2, 0.25) is 0 Å². The molecule has 0 bridgehead atoms. The summed E-state index contributed by atoms with van der Waals surface area (Å²) in [7, 11) is 0. The first-order valence-electron chi connectivity index (χ1n) is 7.98. The molecule has 2 aromatic heterocycles. The molecule has 2 fully saturated rings. The van der Waals surface area contributed by atoms with Crippen molar-refractivity contribution in [1.29, 1.82) is 0 Å². The van der Waals surface area contributed by atoms with E-state index >= 15 is 0 Å². The summed E-state index contributed by atoms with van der Waals surface area (Å²) in [5.41, 5.74) is 1.50. The largest absolute Gasteiger partial charge is 0.356 e. The first-order chi connectivity index (χ1) is 10.8. The quantitative estimate of drug-likeness (QED) is 0.793. The molecule has 0 spiro atoms. The van der Waals surface area contributed by atoms with Gasteiger partial charge in [0.05, 0.1) is 6.54 Å². The molecule has 5 heteroatoms. The van der Waals surface area contributed by atoms with Crippen molar-refractivity contribution in [1.82, 2.24) is 14.5 Å². The van der Waals surface area contributed by atoms with Gasteiger partial charge in [-0.3, -0.25) is 4.79 Å². The number of piperidine rings is 1. The zero-order valence-corrected chi connectivity index (χ0v) is 12.8. The second-order valence-electron chi connectivity index (χ2n) is 6.32. The van der Waals surface area contributed by atoms with Crippen molar-refractivity contribution in [3.8, 4) is 0 Å². The monoisotopic (exact) mass is 296 g/mol. The molecule has 1 saturated heterocycles. The summed E-state index contributed by atoms with van der Waals surface area (Å²) in [4.78, 5) is 22.7. The Kier molecular flexibility index (Phi) is 3.21. The van der Waals surface area contributed by atoms with Crippen molar-refractivity contribution < 1.29 is 4.79 Å². The maximum absolute atomic E-state index is 11.4. The second kappa shape index (κ2) is 5.23. The number of imidazole rings is 1. The summed E-state index contributed by atoms with van der Waals surface area (Å²) in [5, 5.41) is 0. The Hall–Kier alpha value is -2.17. The van der Waals surface area contributed by atoms with Gasteiger partial charge >= 0.3 is 0 Å². The van der Waals surface area contributed by atoms with Gasteiger partial charge in [-0.1, -0.05) is 13.0 Å². The van der Waals surface area contributed by atoms with Gasteiger partial charge in [0.1, 0.15) is 17.3 Å². The lowest BCUT2D eigenvalue weighted by Gasteiger charge is -2.20. The number of nitrogens with zero attached hydrogens (tertiary/aromatic N) is 4. The third kappa shape index (κ3) is 2.30. The number of carbonyl (C=O) groups is 1. The van der Waals surface area contributed by atoms with Crippen LogP contribution in [-0.4, -0.2) is 33.9 Å². The SMILES string of the molecule is CCc1nccn1Cc1ccc(N2CC3CC3C2)nc1C=O. The predicted molar refractivity (Wildman–Crippen MR) is 84.1 cm³/mol. The minimum Gasteiger partial charge on any atom is -0.356 e. The molecule has 22 heavy (non-hydrogen) atoms. The van der Waals surface area contributed by atoms with Crippen LogP contribution >= 0.6 is 0 Å². The molecule has 0 amide bonds. The van der Waals surface area contributed by atoms with Gasteiger partial charge in [0.15, 0.2) is 6.29 Å². The van der Waals surface area contributed by atoms with E-state index in [1.54, 1.807) is 6.20 Å². The maximum Gasteiger partial charge on any atom is 0.168 e. The summed E-state index contributed by atoms with van der Waals surface area (Å²) in [6.45, 7) is 4.92. The number of aryl methyl sites for hydroxylation is 1. The Labute approximate surface area is 130 Å². The first kappa shape index (κ1) is 13.5. The molecule has 2 aromatic rings. The van der Waals surface area contributed by atoms with Crippen LogP contribution in [0.1, 0.15) is 35.2 Å². The van der Waals surface area contributed by atoms with E-state index in [2.05, 4.69) is 32.4 Å². The van der Waals surface area contributed by atoms with Crippen LogP contribution in [0.15, 0.2) is 24.5 Å². The van der Waals surface area contributed by atoms with E-state index in [-0.39, 0.29) is 0 Å². The molecule has 0 N–H and O–H groups in total. The maximum atomic E-state index is 11.4. The number of aldehydes is 1. The molecule has 1 aliphatic heterocycles. The highest BCUT2D eigenvalue weighted by molar-refractivity contribution is 5.75. The molecule has 4 rings (SSSR count). The van der Waals surface area contributed by atoms with Crippen LogP contribution in [0.5, 0.6) is 0 Å². The van der Waals surface area contributed by atoms with E-state index in [0.717, 1.165) is 54.8 Å². The van der Waals surface area contributed by atoms with Crippen molar-refractivity contribution in [2.75, 3.05) is 18.0 Å². The van der Waals surface area contributed by atoms with Gasteiger partial charge in [-0.2, -0.15) is 0 Å². The minimum atomic E-state index is 0.550. The third-order valence-corrected chi connectivity index (χ3v) is 4.87. The standard InChI is InChI=1S/C17H20N4O/c1-2-16-18-5-6-20(16)8-12-3-4-17(19-15(12)11-22)21-9-13-7-14(13)10-21/h3-6,11,13-14H,2,7-10H2,1H3. The number of hydrogen-bond donors (Lipinski definition) is 0. The third-order valence-electron chi connectivity index (χ3n) is 4.87. The van der Waals surface area contributed by atoms with Crippen molar-refractivity contribution in [2.24, 2.45) is 11.8 Å². The lowest BCUT2D eigenvalue weighted by atomic mass is 10.2. The summed E-state index contributed by atoms with van der Waals surface area (Å²) in [5.74, 6) is 3.69. The molecule has 1 aliphatic carbocycles. The van der Waals surface area contributed by atoms with Gasteiger partial charge in [-0.15, -0.1) is 0 Å². The highest BCUT2D eigenvalue weighted by Crippen LogP contribution is 2.45. The van der Waals surface area contributed by atoms with Crippen molar-refractivity contribution >= 4 is 12.1 Å². The van der Waals surface area contributed by atoms with Gasteiger partial charge < -0.3 is 9.47 Å². The zero-order valence-electron chi connectivity index (χ0n) is 12.8. The van der Waals surface area contributed by atoms with E-state index in [0.29, 0.717) is 12.2 Å². The summed E-state index contributed by atoms with van der Waals surface area (Å²) in [6, 6.07) is 4.09. The average Bonchev–Trinajstić information content (AvgIpc) is 2.97. The Morgan fingerprint density at radius 3 is 2.86 bits per heavy atom. The fraction of sp³-hybridized carbons (Fsp3) is 0.471. The van der Waals surface area contributed by atoms with Crippen LogP contribution in [0.25, 0.3) is 0 Å². The first-order valence-corrected chi connectivity index (χ1v) is 7.98.